The second-order valence-electron chi connectivity index (χ2n) is 6.00. The van der Waals surface area contributed by atoms with Crippen molar-refractivity contribution < 1.29 is 9.53 Å². The second kappa shape index (κ2) is 5.60. The highest BCUT2D eigenvalue weighted by atomic mass is 16.5. The fourth-order valence-electron chi connectivity index (χ4n) is 3.02. The zero-order chi connectivity index (χ0) is 16.7. The lowest BCUT2D eigenvalue weighted by Gasteiger charge is -2.32. The molecule has 0 radical (unpaired) electrons. The van der Waals surface area contributed by atoms with Gasteiger partial charge >= 0.3 is 0 Å². The van der Waals surface area contributed by atoms with E-state index >= 15 is 0 Å². The summed E-state index contributed by atoms with van der Waals surface area (Å²) in [5.74, 6) is 0.414. The van der Waals surface area contributed by atoms with Gasteiger partial charge in [-0.3, -0.25) is 14.7 Å². The van der Waals surface area contributed by atoms with E-state index in [9.17, 15) is 4.79 Å². The average molecular weight is 319 g/mol. The molecule has 1 amide bonds. The van der Waals surface area contributed by atoms with Crippen molar-refractivity contribution in [1.29, 1.82) is 0 Å². The van der Waals surface area contributed by atoms with Crippen LogP contribution < -0.4 is 9.64 Å². The third kappa shape index (κ3) is 2.38. The van der Waals surface area contributed by atoms with Gasteiger partial charge in [0.1, 0.15) is 11.8 Å². The van der Waals surface area contributed by atoms with Crippen LogP contribution in [0.4, 0.5) is 5.69 Å². The van der Waals surface area contributed by atoms with Crippen LogP contribution in [0, 0.1) is 6.92 Å². The summed E-state index contributed by atoms with van der Waals surface area (Å²) in [6, 6.07) is 13.3. The molecule has 1 aliphatic rings. The molecule has 0 unspecified atom stereocenters. The molecule has 120 valence electrons. The average Bonchev–Trinajstić information content (AvgIpc) is 2.59. The summed E-state index contributed by atoms with van der Waals surface area (Å²) in [6.07, 6.45) is 1.56. The lowest BCUT2D eigenvalue weighted by Crippen LogP contribution is -2.42. The van der Waals surface area contributed by atoms with Gasteiger partial charge in [-0.1, -0.05) is 18.2 Å². The lowest BCUT2D eigenvalue weighted by atomic mass is 10.1. The molecule has 3 heterocycles. The van der Waals surface area contributed by atoms with Gasteiger partial charge in [0.15, 0.2) is 0 Å². The molecule has 5 heteroatoms. The van der Waals surface area contributed by atoms with Crippen molar-refractivity contribution in [3.8, 4) is 5.88 Å². The number of rotatable bonds is 1. The van der Waals surface area contributed by atoms with E-state index in [1.807, 2.05) is 56.3 Å². The van der Waals surface area contributed by atoms with Crippen LogP contribution in [-0.2, 0) is 0 Å². The number of hydrogen-bond acceptors (Lipinski definition) is 4. The summed E-state index contributed by atoms with van der Waals surface area (Å²) in [5, 5.41) is 0.958. The quantitative estimate of drug-likeness (QED) is 0.690. The van der Waals surface area contributed by atoms with E-state index in [4.69, 9.17) is 4.74 Å². The number of hydrogen-bond donors (Lipinski definition) is 0. The molecule has 0 saturated heterocycles. The number of amides is 1. The van der Waals surface area contributed by atoms with E-state index in [1.165, 1.54) is 0 Å². The van der Waals surface area contributed by atoms with Crippen LogP contribution in [0.1, 0.15) is 23.0 Å². The minimum Gasteiger partial charge on any atom is -0.471 e. The van der Waals surface area contributed by atoms with Crippen LogP contribution in [-0.4, -0.2) is 28.5 Å². The van der Waals surface area contributed by atoms with E-state index in [-0.39, 0.29) is 12.0 Å². The fourth-order valence-corrected chi connectivity index (χ4v) is 3.02. The van der Waals surface area contributed by atoms with Gasteiger partial charge in [-0.05, 0) is 38.1 Å². The van der Waals surface area contributed by atoms with Gasteiger partial charge in [0.05, 0.1) is 17.6 Å². The maximum Gasteiger partial charge on any atom is 0.260 e. The molecule has 1 aromatic carbocycles. The Labute approximate surface area is 139 Å². The van der Waals surface area contributed by atoms with Gasteiger partial charge in [-0.15, -0.1) is 0 Å². The molecular weight excluding hydrogens is 302 g/mol. The van der Waals surface area contributed by atoms with Gasteiger partial charge in [0.25, 0.3) is 5.91 Å². The van der Waals surface area contributed by atoms with Crippen LogP contribution in [0.25, 0.3) is 10.9 Å². The first-order valence-electron chi connectivity index (χ1n) is 7.93. The summed E-state index contributed by atoms with van der Waals surface area (Å²) in [6.45, 7) is 4.35. The van der Waals surface area contributed by atoms with E-state index in [0.29, 0.717) is 23.7 Å². The molecule has 1 atom stereocenters. The van der Waals surface area contributed by atoms with Crippen LogP contribution in [0.5, 0.6) is 5.88 Å². The van der Waals surface area contributed by atoms with Crippen molar-refractivity contribution in [2.24, 2.45) is 0 Å². The normalized spacial score (nSPS) is 16.6. The van der Waals surface area contributed by atoms with Crippen molar-refractivity contribution in [2.45, 2.75) is 20.0 Å². The summed E-state index contributed by atoms with van der Waals surface area (Å²) in [7, 11) is 0. The SMILES string of the molecule is Cc1ccc2cccc(C(=O)N3C[C@H](C)Oc4ncccc43)c2n1. The molecule has 3 aromatic rings. The van der Waals surface area contributed by atoms with Crippen molar-refractivity contribution in [1.82, 2.24) is 9.97 Å². The molecule has 0 spiro atoms. The van der Waals surface area contributed by atoms with Crippen LogP contribution in [0.2, 0.25) is 0 Å². The van der Waals surface area contributed by atoms with Crippen molar-refractivity contribution >= 4 is 22.5 Å². The number of carbonyl (C=O) groups is 1. The smallest absolute Gasteiger partial charge is 0.260 e. The number of carbonyl (C=O) groups excluding carboxylic acids is 1. The number of aryl methyl sites for hydroxylation is 1. The molecule has 0 aliphatic carbocycles. The molecule has 0 bridgehead atoms. The van der Waals surface area contributed by atoms with Crippen LogP contribution in [0.15, 0.2) is 48.7 Å². The number of para-hydroxylation sites is 1. The monoisotopic (exact) mass is 319 g/mol. The number of fused-ring (bicyclic) bond motifs is 2. The number of pyridine rings is 2. The lowest BCUT2D eigenvalue weighted by molar-refractivity contribution is 0.0960. The molecule has 0 fully saturated rings. The third-order valence-corrected chi connectivity index (χ3v) is 4.13. The molecule has 0 N–H and O–H groups in total. The Morgan fingerprint density at radius 1 is 1.21 bits per heavy atom. The molecule has 0 saturated carbocycles. The number of anilines is 1. The van der Waals surface area contributed by atoms with Gasteiger partial charge in [0, 0.05) is 17.3 Å². The van der Waals surface area contributed by atoms with Crippen molar-refractivity contribution in [2.75, 3.05) is 11.4 Å². The highest BCUT2D eigenvalue weighted by Gasteiger charge is 2.30. The Balaban J connectivity index is 1.84. The van der Waals surface area contributed by atoms with Crippen molar-refractivity contribution in [3.63, 3.8) is 0 Å². The first-order chi connectivity index (χ1) is 11.6. The Kier molecular flexibility index (Phi) is 3.41. The van der Waals surface area contributed by atoms with Gasteiger partial charge < -0.3 is 4.74 Å². The Hall–Kier alpha value is -2.95. The van der Waals surface area contributed by atoms with E-state index in [0.717, 1.165) is 16.6 Å². The minimum atomic E-state index is -0.110. The first kappa shape index (κ1) is 14.6. The standard InChI is InChI=1S/C19H17N3O2/c1-12-8-9-14-5-3-6-15(17(14)21-12)19(23)22-11-13(2)24-18-16(22)7-4-10-20-18/h3-10,13H,11H2,1-2H3/t13-/m0/s1. The van der Waals surface area contributed by atoms with Gasteiger partial charge in [0.2, 0.25) is 5.88 Å². The highest BCUT2D eigenvalue weighted by Crippen LogP contribution is 2.32. The Bertz CT molecular complexity index is 939. The summed E-state index contributed by atoms with van der Waals surface area (Å²) >= 11 is 0. The van der Waals surface area contributed by atoms with Gasteiger partial charge in [-0.25, -0.2) is 4.98 Å². The Morgan fingerprint density at radius 3 is 2.96 bits per heavy atom. The predicted octanol–water partition coefficient (Wildman–Crippen LogP) is 3.37. The summed E-state index contributed by atoms with van der Waals surface area (Å²) < 4.78 is 5.73. The highest BCUT2D eigenvalue weighted by molar-refractivity contribution is 6.13. The van der Waals surface area contributed by atoms with E-state index < -0.39 is 0 Å². The van der Waals surface area contributed by atoms with Crippen LogP contribution in [0.3, 0.4) is 0 Å². The molecule has 5 nitrogen and oxygen atoms in total. The molecule has 4 rings (SSSR count). The van der Waals surface area contributed by atoms with Crippen molar-refractivity contribution in [3.05, 3.63) is 59.9 Å². The first-order valence-corrected chi connectivity index (χ1v) is 7.93. The topological polar surface area (TPSA) is 55.3 Å². The number of nitrogens with zero attached hydrogens (tertiary/aromatic N) is 3. The molecular formula is C19H17N3O2. The number of aromatic nitrogens is 2. The Morgan fingerprint density at radius 2 is 2.08 bits per heavy atom. The fraction of sp³-hybridized carbons (Fsp3) is 0.211. The zero-order valence-corrected chi connectivity index (χ0v) is 13.6. The largest absolute Gasteiger partial charge is 0.471 e. The summed E-state index contributed by atoms with van der Waals surface area (Å²) in [5.41, 5.74) is 2.91. The molecule has 24 heavy (non-hydrogen) atoms. The number of ether oxygens (including phenoxy) is 1. The van der Waals surface area contributed by atoms with E-state index in [1.54, 1.807) is 11.1 Å². The third-order valence-electron chi connectivity index (χ3n) is 4.13. The maximum atomic E-state index is 13.2. The molecule has 1 aliphatic heterocycles. The minimum absolute atomic E-state index is 0.0805. The predicted molar refractivity (Wildman–Crippen MR) is 92.5 cm³/mol. The molecule has 2 aromatic heterocycles. The van der Waals surface area contributed by atoms with E-state index in [2.05, 4.69) is 9.97 Å². The maximum absolute atomic E-state index is 13.2. The zero-order valence-electron chi connectivity index (χ0n) is 13.6. The van der Waals surface area contributed by atoms with Crippen LogP contribution >= 0.6 is 0 Å². The summed E-state index contributed by atoms with van der Waals surface area (Å²) in [4.78, 5) is 23.8. The van der Waals surface area contributed by atoms with Gasteiger partial charge in [-0.2, -0.15) is 0 Å². The second-order valence-corrected chi connectivity index (χ2v) is 6.00. The number of benzene rings is 1.